The minimum absolute atomic E-state index is 0.104. The van der Waals surface area contributed by atoms with Gasteiger partial charge in [-0.3, -0.25) is 13.9 Å². The van der Waals surface area contributed by atoms with Gasteiger partial charge in [-0.05, 0) is 36.8 Å². The van der Waals surface area contributed by atoms with Gasteiger partial charge in [-0.1, -0.05) is 35.3 Å². The fourth-order valence-corrected chi connectivity index (χ4v) is 2.93. The number of nitrogens with zero attached hydrogens (tertiary/aromatic N) is 6. The van der Waals surface area contributed by atoms with E-state index in [2.05, 4.69) is 15.4 Å². The largest absolute Gasteiger partial charge is 0.332 e. The number of hydrogen-bond acceptors (Lipinski definition) is 5. The molecule has 3 rings (SSSR count). The Kier molecular flexibility index (Phi) is 5.24. The van der Waals surface area contributed by atoms with Crippen LogP contribution in [0.1, 0.15) is 24.1 Å². The Morgan fingerprint density at radius 3 is 2.42 bits per heavy atom. The SMILES string of the molecule is Cc1c(Cl)n(Cc2ccc(Cl)cc2)c(=O)n(C[C@H](C)n2ncnn2)c1=O. The highest BCUT2D eigenvalue weighted by atomic mass is 35.5. The second-order valence-corrected chi connectivity index (χ2v) is 6.73. The zero-order valence-electron chi connectivity index (χ0n) is 14.1. The molecule has 1 atom stereocenters. The molecule has 0 bridgehead atoms. The Morgan fingerprint density at radius 2 is 1.81 bits per heavy atom. The van der Waals surface area contributed by atoms with Gasteiger partial charge in [-0.15, -0.1) is 10.2 Å². The molecule has 0 aliphatic rings. The van der Waals surface area contributed by atoms with Crippen LogP contribution >= 0.6 is 23.2 Å². The van der Waals surface area contributed by atoms with E-state index in [1.165, 1.54) is 15.7 Å². The van der Waals surface area contributed by atoms with Crippen LogP contribution in [0.3, 0.4) is 0 Å². The van der Waals surface area contributed by atoms with Crippen LogP contribution < -0.4 is 11.2 Å². The third kappa shape index (κ3) is 3.56. The van der Waals surface area contributed by atoms with Gasteiger partial charge in [0, 0.05) is 5.02 Å². The van der Waals surface area contributed by atoms with E-state index in [0.29, 0.717) is 10.6 Å². The number of tetrazole rings is 1. The average Bonchev–Trinajstić information content (AvgIpc) is 3.17. The summed E-state index contributed by atoms with van der Waals surface area (Å²) in [4.78, 5) is 26.8. The highest BCUT2D eigenvalue weighted by molar-refractivity contribution is 6.30. The highest BCUT2D eigenvalue weighted by Crippen LogP contribution is 2.14. The van der Waals surface area contributed by atoms with Crippen LogP contribution in [0.5, 0.6) is 0 Å². The van der Waals surface area contributed by atoms with E-state index >= 15 is 0 Å². The van der Waals surface area contributed by atoms with Crippen LogP contribution in [-0.2, 0) is 13.1 Å². The van der Waals surface area contributed by atoms with Gasteiger partial charge in [0.2, 0.25) is 0 Å². The number of benzene rings is 1. The Balaban J connectivity index is 2.02. The van der Waals surface area contributed by atoms with Gasteiger partial charge in [0.05, 0.1) is 24.7 Å². The lowest BCUT2D eigenvalue weighted by Crippen LogP contribution is -2.43. The number of hydrogen-bond donors (Lipinski definition) is 0. The molecular weight excluding hydrogens is 379 g/mol. The maximum Gasteiger partial charge on any atom is 0.332 e. The fourth-order valence-electron chi connectivity index (χ4n) is 2.59. The molecule has 2 heterocycles. The van der Waals surface area contributed by atoms with E-state index in [0.717, 1.165) is 10.1 Å². The molecule has 0 spiro atoms. The standard InChI is InChI=1S/C16H16Cl2N6O2/c1-10(24-20-9-19-21-24)7-23-15(25)11(2)14(18)22(16(23)26)8-12-3-5-13(17)6-4-12/h3-6,9-10H,7-8H2,1-2H3/t10-/m0/s1. The van der Waals surface area contributed by atoms with Gasteiger partial charge in [0.15, 0.2) is 6.33 Å². The first-order valence-electron chi connectivity index (χ1n) is 7.85. The van der Waals surface area contributed by atoms with Crippen molar-refractivity contribution in [2.24, 2.45) is 0 Å². The lowest BCUT2D eigenvalue weighted by Gasteiger charge is -2.16. The summed E-state index contributed by atoms with van der Waals surface area (Å²) in [5.41, 5.74) is 0.222. The van der Waals surface area contributed by atoms with Crippen molar-refractivity contribution >= 4 is 23.2 Å². The molecule has 0 fully saturated rings. The number of halogens is 2. The normalized spacial score (nSPS) is 12.3. The third-order valence-corrected chi connectivity index (χ3v) is 4.77. The summed E-state index contributed by atoms with van der Waals surface area (Å²) in [6, 6.07) is 6.75. The molecule has 8 nitrogen and oxygen atoms in total. The lowest BCUT2D eigenvalue weighted by atomic mass is 10.2. The summed E-state index contributed by atoms with van der Waals surface area (Å²) in [5.74, 6) is 0. The average molecular weight is 395 g/mol. The monoisotopic (exact) mass is 394 g/mol. The van der Waals surface area contributed by atoms with Gasteiger partial charge in [0.1, 0.15) is 5.15 Å². The molecule has 0 amide bonds. The summed E-state index contributed by atoms with van der Waals surface area (Å²) < 4.78 is 2.51. The Hall–Kier alpha value is -2.45. The predicted octanol–water partition coefficient (Wildman–Crippen LogP) is 1.92. The molecule has 136 valence electrons. The van der Waals surface area contributed by atoms with Gasteiger partial charge < -0.3 is 0 Å². The van der Waals surface area contributed by atoms with Crippen LogP contribution in [0.2, 0.25) is 10.2 Å². The topological polar surface area (TPSA) is 87.6 Å². The molecule has 0 saturated carbocycles. The summed E-state index contributed by atoms with van der Waals surface area (Å²) >= 11 is 12.2. The van der Waals surface area contributed by atoms with Gasteiger partial charge in [-0.25, -0.2) is 4.79 Å². The first-order chi connectivity index (χ1) is 12.4. The van der Waals surface area contributed by atoms with Crippen LogP contribution in [0.4, 0.5) is 0 Å². The molecule has 2 aromatic heterocycles. The molecule has 10 heteroatoms. The van der Waals surface area contributed by atoms with Crippen molar-refractivity contribution in [2.75, 3.05) is 0 Å². The van der Waals surface area contributed by atoms with Crippen LogP contribution in [-0.4, -0.2) is 29.3 Å². The van der Waals surface area contributed by atoms with E-state index in [9.17, 15) is 9.59 Å². The van der Waals surface area contributed by atoms with Crippen molar-refractivity contribution in [1.29, 1.82) is 0 Å². The Labute approximate surface area is 158 Å². The zero-order valence-corrected chi connectivity index (χ0v) is 15.6. The van der Waals surface area contributed by atoms with Crippen LogP contribution in [0.15, 0.2) is 40.2 Å². The van der Waals surface area contributed by atoms with Gasteiger partial charge in [0.25, 0.3) is 5.56 Å². The zero-order chi connectivity index (χ0) is 18.8. The molecule has 0 aliphatic heterocycles. The van der Waals surface area contributed by atoms with E-state index in [4.69, 9.17) is 23.2 Å². The Bertz CT molecular complexity index is 1020. The van der Waals surface area contributed by atoms with Crippen molar-refractivity contribution in [2.45, 2.75) is 33.0 Å². The van der Waals surface area contributed by atoms with Crippen LogP contribution in [0, 0.1) is 6.92 Å². The maximum absolute atomic E-state index is 12.9. The van der Waals surface area contributed by atoms with Gasteiger partial charge >= 0.3 is 5.69 Å². The third-order valence-electron chi connectivity index (χ3n) is 4.03. The first kappa shape index (κ1) is 18.3. The quantitative estimate of drug-likeness (QED) is 0.616. The van der Waals surface area contributed by atoms with E-state index in [1.54, 1.807) is 38.1 Å². The summed E-state index contributed by atoms with van der Waals surface area (Å²) in [6.07, 6.45) is 1.30. The molecule has 0 aliphatic carbocycles. The predicted molar refractivity (Wildman–Crippen MR) is 97.8 cm³/mol. The number of rotatable bonds is 5. The molecule has 0 unspecified atom stereocenters. The fraction of sp³-hybridized carbons (Fsp3) is 0.312. The first-order valence-corrected chi connectivity index (χ1v) is 8.60. The smallest absolute Gasteiger partial charge is 0.279 e. The molecular formula is C16H16Cl2N6O2. The second kappa shape index (κ2) is 7.43. The van der Waals surface area contributed by atoms with Crippen molar-refractivity contribution in [1.82, 2.24) is 29.3 Å². The van der Waals surface area contributed by atoms with Gasteiger partial charge in [-0.2, -0.15) is 4.80 Å². The van der Waals surface area contributed by atoms with Crippen molar-refractivity contribution in [3.05, 3.63) is 72.7 Å². The van der Waals surface area contributed by atoms with Crippen molar-refractivity contribution in [3.63, 3.8) is 0 Å². The van der Waals surface area contributed by atoms with Crippen molar-refractivity contribution in [3.8, 4) is 0 Å². The van der Waals surface area contributed by atoms with Crippen molar-refractivity contribution < 1.29 is 0 Å². The molecule has 26 heavy (non-hydrogen) atoms. The highest BCUT2D eigenvalue weighted by Gasteiger charge is 2.18. The summed E-state index contributed by atoms with van der Waals surface area (Å²) in [5, 5.41) is 12.1. The minimum Gasteiger partial charge on any atom is -0.279 e. The molecule has 0 N–H and O–H groups in total. The van der Waals surface area contributed by atoms with E-state index < -0.39 is 11.2 Å². The second-order valence-electron chi connectivity index (χ2n) is 5.93. The molecule has 3 aromatic rings. The molecule has 0 radical (unpaired) electrons. The molecule has 0 saturated heterocycles. The van der Waals surface area contributed by atoms with Crippen LogP contribution in [0.25, 0.3) is 0 Å². The lowest BCUT2D eigenvalue weighted by molar-refractivity contribution is 0.361. The number of aromatic nitrogens is 6. The molecule has 1 aromatic carbocycles. The maximum atomic E-state index is 12.9. The summed E-state index contributed by atoms with van der Waals surface area (Å²) in [6.45, 7) is 3.72. The Morgan fingerprint density at radius 1 is 1.12 bits per heavy atom. The summed E-state index contributed by atoms with van der Waals surface area (Å²) in [7, 11) is 0. The van der Waals surface area contributed by atoms with E-state index in [-0.39, 0.29) is 24.3 Å². The van der Waals surface area contributed by atoms with E-state index in [1.807, 2.05) is 0 Å². The minimum atomic E-state index is -0.493.